The molecule has 0 unspecified atom stereocenters. The summed E-state index contributed by atoms with van der Waals surface area (Å²) in [6, 6.07) is 19.2. The molecule has 0 spiro atoms. The van der Waals surface area contributed by atoms with Crippen LogP contribution in [0.1, 0.15) is 46.8 Å². The molecule has 5 rings (SSSR count). The third-order valence-corrected chi connectivity index (χ3v) is 10.5. The Hall–Kier alpha value is -2.58. The number of fused-ring (bicyclic) bond motifs is 1. The van der Waals surface area contributed by atoms with Crippen molar-refractivity contribution in [2.45, 2.75) is 63.4 Å². The quantitative estimate of drug-likeness (QED) is 0.433. The monoisotopic (exact) mass is 533 g/mol. The van der Waals surface area contributed by atoms with E-state index in [4.69, 9.17) is 4.74 Å². The van der Waals surface area contributed by atoms with Crippen molar-refractivity contribution < 1.29 is 13.2 Å². The van der Waals surface area contributed by atoms with Crippen molar-refractivity contribution in [2.75, 3.05) is 33.4 Å². The van der Waals surface area contributed by atoms with Crippen LogP contribution in [0.5, 0.6) is 0 Å². The SMILES string of the molecule is COC[C@@H]1[C@@H](c2ccc(-c3cccc(C)c3C)cc2)[C@@H]2CN(S(=O)(=O)c3ccc(C)nc3C)CCCCN12. The number of methoxy groups -OCH3 is 1. The number of pyridine rings is 1. The highest BCUT2D eigenvalue weighted by Crippen LogP contribution is 2.43. The summed E-state index contributed by atoms with van der Waals surface area (Å²) in [5, 5.41) is 0. The van der Waals surface area contributed by atoms with Gasteiger partial charge in [0.25, 0.3) is 0 Å². The van der Waals surface area contributed by atoms with Crippen LogP contribution < -0.4 is 0 Å². The first-order chi connectivity index (χ1) is 18.2. The molecule has 1 aromatic heterocycles. The number of benzene rings is 2. The van der Waals surface area contributed by atoms with E-state index in [1.807, 2.05) is 6.92 Å². The van der Waals surface area contributed by atoms with Crippen LogP contribution in [0.3, 0.4) is 0 Å². The van der Waals surface area contributed by atoms with E-state index in [1.54, 1.807) is 30.5 Å². The van der Waals surface area contributed by atoms with Crippen molar-refractivity contribution in [3.63, 3.8) is 0 Å². The van der Waals surface area contributed by atoms with E-state index in [1.165, 1.54) is 27.8 Å². The molecule has 3 heterocycles. The van der Waals surface area contributed by atoms with Gasteiger partial charge in [-0.05, 0) is 87.0 Å². The first-order valence-corrected chi connectivity index (χ1v) is 15.0. The lowest BCUT2D eigenvalue weighted by atomic mass is 9.74. The van der Waals surface area contributed by atoms with Crippen molar-refractivity contribution in [2.24, 2.45) is 0 Å². The van der Waals surface area contributed by atoms with Crippen LogP contribution in [0.15, 0.2) is 59.5 Å². The van der Waals surface area contributed by atoms with Gasteiger partial charge in [-0.1, -0.05) is 42.5 Å². The minimum absolute atomic E-state index is 0.107. The highest BCUT2D eigenvalue weighted by Gasteiger charge is 2.50. The van der Waals surface area contributed by atoms with Crippen LogP contribution in [0.4, 0.5) is 0 Å². The zero-order valence-corrected chi connectivity index (χ0v) is 24.0. The molecule has 0 aliphatic carbocycles. The molecule has 2 aliphatic rings. The summed E-state index contributed by atoms with van der Waals surface area (Å²) in [4.78, 5) is 7.22. The maximum absolute atomic E-state index is 13.8. The molecule has 3 aromatic rings. The first kappa shape index (κ1) is 27.0. The standard InChI is InChI=1S/C31H39N3O3S/c1-21-9-8-10-27(23(21)3)25-12-14-26(15-13-25)31-28-19-33(17-6-7-18-34(28)29(31)20-37-5)38(35,36)30-16-11-22(2)32-24(30)4/h8-16,28-29,31H,6-7,17-20H2,1-5H3/t28-,29+,31-/m0/s1. The molecule has 2 aromatic carbocycles. The molecule has 0 N–H and O–H groups in total. The number of hydrogen-bond donors (Lipinski definition) is 0. The van der Waals surface area contributed by atoms with Crippen molar-refractivity contribution in [3.05, 3.63) is 82.7 Å². The van der Waals surface area contributed by atoms with E-state index in [-0.39, 0.29) is 18.0 Å². The van der Waals surface area contributed by atoms with Crippen LogP contribution in [0.25, 0.3) is 11.1 Å². The molecule has 6 nitrogen and oxygen atoms in total. The summed E-state index contributed by atoms with van der Waals surface area (Å²) in [6.07, 6.45) is 1.81. The fourth-order valence-corrected chi connectivity index (χ4v) is 7.97. The molecule has 38 heavy (non-hydrogen) atoms. The van der Waals surface area contributed by atoms with Gasteiger partial charge in [-0.25, -0.2) is 8.42 Å². The Kier molecular flexibility index (Phi) is 7.74. The largest absolute Gasteiger partial charge is 0.383 e. The summed E-state index contributed by atoms with van der Waals surface area (Å²) in [7, 11) is -1.89. The molecular weight excluding hydrogens is 494 g/mol. The fraction of sp³-hybridized carbons (Fsp3) is 0.452. The molecule has 2 saturated heterocycles. The zero-order chi connectivity index (χ0) is 27.0. The van der Waals surface area contributed by atoms with Gasteiger partial charge in [-0.3, -0.25) is 9.88 Å². The molecule has 0 radical (unpaired) electrons. The summed E-state index contributed by atoms with van der Waals surface area (Å²) in [6.45, 7) is 10.6. The smallest absolute Gasteiger partial charge is 0.244 e. The molecule has 202 valence electrons. The Bertz CT molecular complexity index is 1400. The average Bonchev–Trinajstić information content (AvgIpc) is 2.87. The lowest BCUT2D eigenvalue weighted by Gasteiger charge is -2.57. The average molecular weight is 534 g/mol. The van der Waals surface area contributed by atoms with E-state index in [0.29, 0.717) is 30.3 Å². The van der Waals surface area contributed by atoms with Crippen LogP contribution in [0.2, 0.25) is 0 Å². The Morgan fingerprint density at radius 3 is 2.39 bits per heavy atom. The Morgan fingerprint density at radius 1 is 0.947 bits per heavy atom. The van der Waals surface area contributed by atoms with Gasteiger partial charge < -0.3 is 4.74 Å². The minimum Gasteiger partial charge on any atom is -0.383 e. The van der Waals surface area contributed by atoms with Crippen molar-refractivity contribution in [1.29, 1.82) is 0 Å². The van der Waals surface area contributed by atoms with Crippen molar-refractivity contribution >= 4 is 10.0 Å². The topological polar surface area (TPSA) is 62.7 Å². The van der Waals surface area contributed by atoms with E-state index in [0.717, 1.165) is 25.1 Å². The lowest BCUT2D eigenvalue weighted by molar-refractivity contribution is -0.0635. The zero-order valence-electron chi connectivity index (χ0n) is 23.1. The van der Waals surface area contributed by atoms with Crippen LogP contribution in [-0.4, -0.2) is 68.0 Å². The van der Waals surface area contributed by atoms with Gasteiger partial charge in [0.15, 0.2) is 0 Å². The normalized spacial score (nSPS) is 22.8. The third-order valence-electron chi connectivity index (χ3n) is 8.49. The number of aryl methyl sites for hydroxylation is 3. The summed E-state index contributed by atoms with van der Waals surface area (Å²) >= 11 is 0. The number of rotatable bonds is 6. The first-order valence-electron chi connectivity index (χ1n) is 13.6. The molecule has 0 bridgehead atoms. The summed E-state index contributed by atoms with van der Waals surface area (Å²) < 4.78 is 35.0. The maximum Gasteiger partial charge on any atom is 0.244 e. The molecule has 7 heteroatoms. The van der Waals surface area contributed by atoms with Gasteiger partial charge in [-0.2, -0.15) is 4.31 Å². The Morgan fingerprint density at radius 2 is 1.68 bits per heavy atom. The van der Waals surface area contributed by atoms with Gasteiger partial charge >= 0.3 is 0 Å². The summed E-state index contributed by atoms with van der Waals surface area (Å²) in [5.74, 6) is 0.204. The van der Waals surface area contributed by atoms with Gasteiger partial charge in [0.1, 0.15) is 4.90 Å². The predicted molar refractivity (Wildman–Crippen MR) is 152 cm³/mol. The van der Waals surface area contributed by atoms with E-state index < -0.39 is 10.0 Å². The van der Waals surface area contributed by atoms with Crippen LogP contribution in [0, 0.1) is 27.7 Å². The van der Waals surface area contributed by atoms with Gasteiger partial charge in [-0.15, -0.1) is 0 Å². The van der Waals surface area contributed by atoms with E-state index in [2.05, 4.69) is 66.2 Å². The molecule has 2 fully saturated rings. The molecule has 3 atom stereocenters. The van der Waals surface area contributed by atoms with Gasteiger partial charge in [0, 0.05) is 43.9 Å². The second kappa shape index (κ2) is 10.9. The highest BCUT2D eigenvalue weighted by molar-refractivity contribution is 7.89. The molecule has 0 saturated carbocycles. The second-order valence-electron chi connectivity index (χ2n) is 10.8. The van der Waals surface area contributed by atoms with E-state index >= 15 is 0 Å². The number of sulfonamides is 1. The third kappa shape index (κ3) is 4.93. The molecule has 2 aliphatic heterocycles. The number of hydrogen-bond acceptors (Lipinski definition) is 5. The lowest BCUT2D eigenvalue weighted by Crippen LogP contribution is -2.68. The predicted octanol–water partition coefficient (Wildman–Crippen LogP) is 5.25. The van der Waals surface area contributed by atoms with Crippen LogP contribution >= 0.6 is 0 Å². The fourth-order valence-electron chi connectivity index (χ4n) is 6.31. The number of nitrogens with zero attached hydrogens (tertiary/aromatic N) is 3. The van der Waals surface area contributed by atoms with E-state index in [9.17, 15) is 8.42 Å². The minimum atomic E-state index is -3.65. The number of aromatic nitrogens is 1. The molecule has 0 amide bonds. The highest BCUT2D eigenvalue weighted by atomic mass is 32.2. The van der Waals surface area contributed by atoms with Crippen molar-refractivity contribution in [3.8, 4) is 11.1 Å². The molecular formula is C31H39N3O3S. The number of ether oxygens (including phenoxy) is 1. The van der Waals surface area contributed by atoms with Crippen LogP contribution in [-0.2, 0) is 14.8 Å². The maximum atomic E-state index is 13.8. The second-order valence-corrected chi connectivity index (χ2v) is 12.7. The van der Waals surface area contributed by atoms with Gasteiger partial charge in [0.2, 0.25) is 10.0 Å². The van der Waals surface area contributed by atoms with Crippen molar-refractivity contribution in [1.82, 2.24) is 14.2 Å². The Labute approximate surface area is 227 Å². The van der Waals surface area contributed by atoms with Gasteiger partial charge in [0.05, 0.1) is 12.3 Å². The Balaban J connectivity index is 1.46. The summed E-state index contributed by atoms with van der Waals surface area (Å²) in [5.41, 5.74) is 7.68.